The highest BCUT2D eigenvalue weighted by atomic mass is 16.3. The van der Waals surface area contributed by atoms with Crippen molar-refractivity contribution < 1.29 is 5.11 Å². The van der Waals surface area contributed by atoms with Gasteiger partial charge in [0.2, 0.25) is 0 Å². The van der Waals surface area contributed by atoms with Crippen molar-refractivity contribution in [3.8, 4) is 0 Å². The van der Waals surface area contributed by atoms with Gasteiger partial charge >= 0.3 is 0 Å². The highest BCUT2D eigenvalue weighted by Crippen LogP contribution is 2.37. The lowest BCUT2D eigenvalue weighted by Gasteiger charge is -2.29. The van der Waals surface area contributed by atoms with Crippen LogP contribution in [0.25, 0.3) is 0 Å². The average molecular weight is 295 g/mol. The fraction of sp³-hybridized carbons (Fsp3) is 0.400. The molecular weight excluding hydrogens is 270 g/mol. The summed E-state index contributed by atoms with van der Waals surface area (Å²) in [6.45, 7) is 3.51. The van der Waals surface area contributed by atoms with Gasteiger partial charge in [0, 0.05) is 19.7 Å². The van der Waals surface area contributed by atoms with E-state index in [9.17, 15) is 5.11 Å². The maximum atomic E-state index is 9.53. The van der Waals surface area contributed by atoms with Crippen molar-refractivity contribution >= 4 is 0 Å². The molecule has 1 fully saturated rings. The van der Waals surface area contributed by atoms with E-state index in [1.165, 1.54) is 17.5 Å². The molecule has 0 spiro atoms. The highest BCUT2D eigenvalue weighted by molar-refractivity contribution is 5.18. The maximum absolute atomic E-state index is 9.53. The molecule has 3 rings (SSSR count). The van der Waals surface area contributed by atoms with E-state index < -0.39 is 0 Å². The summed E-state index contributed by atoms with van der Waals surface area (Å²) in [7, 11) is 0. The first-order valence-electron chi connectivity index (χ1n) is 8.21. The Morgan fingerprint density at radius 1 is 0.909 bits per heavy atom. The van der Waals surface area contributed by atoms with E-state index in [4.69, 9.17) is 0 Å². The number of rotatable bonds is 6. The molecule has 1 saturated heterocycles. The van der Waals surface area contributed by atoms with Crippen molar-refractivity contribution in [2.45, 2.75) is 25.8 Å². The number of aliphatic hydroxyl groups is 1. The van der Waals surface area contributed by atoms with E-state index in [1.807, 2.05) is 0 Å². The molecule has 0 bridgehead atoms. The zero-order valence-electron chi connectivity index (χ0n) is 13.1. The van der Waals surface area contributed by atoms with E-state index in [-0.39, 0.29) is 12.0 Å². The van der Waals surface area contributed by atoms with Crippen molar-refractivity contribution in [2.24, 2.45) is 5.41 Å². The Labute approximate surface area is 133 Å². The average Bonchev–Trinajstić information content (AvgIpc) is 2.92. The third kappa shape index (κ3) is 3.76. The number of likely N-dealkylation sites (tertiary alicyclic amines) is 1. The van der Waals surface area contributed by atoms with Gasteiger partial charge in [-0.05, 0) is 42.3 Å². The Morgan fingerprint density at radius 2 is 1.55 bits per heavy atom. The fourth-order valence-electron chi connectivity index (χ4n) is 3.71. The van der Waals surface area contributed by atoms with Crippen molar-refractivity contribution in [3.05, 3.63) is 71.8 Å². The van der Waals surface area contributed by atoms with Crippen LogP contribution in [0.4, 0.5) is 0 Å². The van der Waals surface area contributed by atoms with E-state index in [0.29, 0.717) is 0 Å². The number of hydrogen-bond donors (Lipinski definition) is 1. The first-order chi connectivity index (χ1) is 10.8. The predicted octanol–water partition coefficient (Wildman–Crippen LogP) is 3.50. The molecule has 2 nitrogen and oxygen atoms in total. The lowest BCUT2D eigenvalue weighted by atomic mass is 9.78. The molecule has 1 aliphatic rings. The summed E-state index contributed by atoms with van der Waals surface area (Å²) in [5, 5.41) is 9.53. The third-order valence-electron chi connectivity index (χ3n) is 4.83. The van der Waals surface area contributed by atoms with Crippen LogP contribution in [0.15, 0.2) is 60.7 Å². The van der Waals surface area contributed by atoms with Gasteiger partial charge in [0.25, 0.3) is 0 Å². The maximum Gasteiger partial charge on any atom is 0.0436 e. The number of nitrogens with zero attached hydrogens (tertiary/aromatic N) is 1. The van der Waals surface area contributed by atoms with Crippen LogP contribution >= 0.6 is 0 Å². The summed E-state index contributed by atoms with van der Waals surface area (Å²) in [6.07, 6.45) is 3.14. The molecule has 2 aromatic carbocycles. The lowest BCUT2D eigenvalue weighted by molar-refractivity contribution is 0.175. The molecule has 116 valence electrons. The minimum atomic E-state index is 0.227. The molecule has 22 heavy (non-hydrogen) atoms. The van der Waals surface area contributed by atoms with E-state index >= 15 is 0 Å². The van der Waals surface area contributed by atoms with Gasteiger partial charge in [0.15, 0.2) is 0 Å². The van der Waals surface area contributed by atoms with Crippen molar-refractivity contribution in [3.63, 3.8) is 0 Å². The van der Waals surface area contributed by atoms with Gasteiger partial charge in [-0.1, -0.05) is 60.7 Å². The summed E-state index contributed by atoms with van der Waals surface area (Å²) >= 11 is 0. The van der Waals surface area contributed by atoms with Gasteiger partial charge in [0.1, 0.15) is 0 Å². The lowest BCUT2D eigenvalue weighted by Crippen LogP contribution is -2.30. The molecule has 1 N–H and O–H groups in total. The zero-order chi connectivity index (χ0) is 15.3. The Kier molecular flexibility index (Phi) is 4.91. The smallest absolute Gasteiger partial charge is 0.0436 e. The molecule has 0 aliphatic carbocycles. The predicted molar refractivity (Wildman–Crippen MR) is 90.6 cm³/mol. The molecule has 2 heteroatoms. The first-order valence-corrected chi connectivity index (χ1v) is 8.21. The van der Waals surface area contributed by atoms with Crippen LogP contribution in [0.3, 0.4) is 0 Å². The second kappa shape index (κ2) is 7.08. The van der Waals surface area contributed by atoms with Gasteiger partial charge in [-0.15, -0.1) is 0 Å². The minimum absolute atomic E-state index is 0.227. The van der Waals surface area contributed by atoms with Crippen LogP contribution in [-0.4, -0.2) is 29.7 Å². The van der Waals surface area contributed by atoms with E-state index in [0.717, 1.165) is 32.5 Å². The zero-order valence-corrected chi connectivity index (χ0v) is 13.1. The first kappa shape index (κ1) is 15.3. The standard InChI is InChI=1S/C20H25NO/c22-14-12-20(15-18-7-3-1-4-8-18)11-13-21(17-20)16-19-9-5-2-6-10-19/h1-10,22H,11-17H2. The third-order valence-corrected chi connectivity index (χ3v) is 4.83. The van der Waals surface area contributed by atoms with E-state index in [1.54, 1.807) is 0 Å². The van der Waals surface area contributed by atoms with Crippen LogP contribution in [-0.2, 0) is 13.0 Å². The van der Waals surface area contributed by atoms with Crippen LogP contribution in [0, 0.1) is 5.41 Å². The molecule has 1 heterocycles. The molecule has 2 aromatic rings. The molecule has 0 aromatic heterocycles. The summed E-state index contributed by atoms with van der Waals surface area (Å²) in [5.41, 5.74) is 2.99. The fourth-order valence-corrected chi connectivity index (χ4v) is 3.71. The van der Waals surface area contributed by atoms with Gasteiger partial charge in [0.05, 0.1) is 0 Å². The Bertz CT molecular complexity index is 569. The second-order valence-corrected chi connectivity index (χ2v) is 6.58. The summed E-state index contributed by atoms with van der Waals surface area (Å²) in [4.78, 5) is 2.54. The topological polar surface area (TPSA) is 23.5 Å². The van der Waals surface area contributed by atoms with Crippen LogP contribution < -0.4 is 0 Å². The van der Waals surface area contributed by atoms with Gasteiger partial charge in [-0.2, -0.15) is 0 Å². The van der Waals surface area contributed by atoms with Crippen LogP contribution in [0.5, 0.6) is 0 Å². The molecule has 1 atom stereocenters. The second-order valence-electron chi connectivity index (χ2n) is 6.58. The van der Waals surface area contributed by atoms with Crippen LogP contribution in [0.2, 0.25) is 0 Å². The molecule has 0 radical (unpaired) electrons. The number of aliphatic hydroxyl groups excluding tert-OH is 1. The quantitative estimate of drug-likeness (QED) is 0.881. The molecule has 0 amide bonds. The SMILES string of the molecule is OCCC1(Cc2ccccc2)CCN(Cc2ccccc2)C1. The number of hydrogen-bond acceptors (Lipinski definition) is 2. The van der Waals surface area contributed by atoms with Crippen molar-refractivity contribution in [1.29, 1.82) is 0 Å². The van der Waals surface area contributed by atoms with Gasteiger partial charge in [-0.3, -0.25) is 4.90 Å². The van der Waals surface area contributed by atoms with Crippen molar-refractivity contribution in [2.75, 3.05) is 19.7 Å². The van der Waals surface area contributed by atoms with Crippen LogP contribution in [0.1, 0.15) is 24.0 Å². The van der Waals surface area contributed by atoms with Gasteiger partial charge < -0.3 is 5.11 Å². The Morgan fingerprint density at radius 3 is 2.18 bits per heavy atom. The number of benzene rings is 2. The normalized spacial score (nSPS) is 22.0. The largest absolute Gasteiger partial charge is 0.396 e. The van der Waals surface area contributed by atoms with Crippen molar-refractivity contribution in [1.82, 2.24) is 4.90 Å². The molecule has 0 saturated carbocycles. The highest BCUT2D eigenvalue weighted by Gasteiger charge is 2.37. The minimum Gasteiger partial charge on any atom is -0.396 e. The molecule has 1 unspecified atom stereocenters. The Hall–Kier alpha value is -1.64. The molecule has 1 aliphatic heterocycles. The summed E-state index contributed by atoms with van der Waals surface area (Å²) in [6, 6.07) is 21.4. The molecular formula is C20H25NO. The van der Waals surface area contributed by atoms with E-state index in [2.05, 4.69) is 65.6 Å². The summed E-state index contributed by atoms with van der Waals surface area (Å²) < 4.78 is 0. The Balaban J connectivity index is 1.68. The monoisotopic (exact) mass is 295 g/mol. The summed E-state index contributed by atoms with van der Waals surface area (Å²) in [5.74, 6) is 0. The van der Waals surface area contributed by atoms with Gasteiger partial charge in [-0.25, -0.2) is 0 Å².